The molecule has 0 aromatic carbocycles. The van der Waals surface area contributed by atoms with Gasteiger partial charge in [0.1, 0.15) is 0 Å². The van der Waals surface area contributed by atoms with Gasteiger partial charge >= 0.3 is 0 Å². The van der Waals surface area contributed by atoms with Crippen LogP contribution in [0.3, 0.4) is 0 Å². The summed E-state index contributed by atoms with van der Waals surface area (Å²) in [6.07, 6.45) is 3.70. The zero-order valence-corrected chi connectivity index (χ0v) is 11.3. The molecule has 5 nitrogen and oxygen atoms in total. The molecule has 0 saturated heterocycles. The second kappa shape index (κ2) is 5.82. The van der Waals surface area contributed by atoms with Gasteiger partial charge in [0.2, 0.25) is 0 Å². The van der Waals surface area contributed by atoms with Crippen molar-refractivity contribution in [3.8, 4) is 0 Å². The van der Waals surface area contributed by atoms with Gasteiger partial charge in [0, 0.05) is 38.1 Å². The van der Waals surface area contributed by atoms with E-state index in [2.05, 4.69) is 48.4 Å². The molecule has 0 bridgehead atoms. The number of aryl methyl sites for hydroxylation is 1. The van der Waals surface area contributed by atoms with Crippen LogP contribution in [0.1, 0.15) is 38.2 Å². The second-order valence-corrected chi connectivity index (χ2v) is 4.60. The first-order chi connectivity index (χ1) is 8.72. The minimum Gasteiger partial charge on any atom is -0.306 e. The number of hydrogen-bond donors (Lipinski definition) is 1. The van der Waals surface area contributed by atoms with Crippen LogP contribution >= 0.6 is 0 Å². The lowest BCUT2D eigenvalue weighted by molar-refractivity contribution is 0.491. The first-order valence-corrected chi connectivity index (χ1v) is 6.46. The van der Waals surface area contributed by atoms with E-state index in [0.29, 0.717) is 6.04 Å². The Hall–Kier alpha value is -1.62. The van der Waals surface area contributed by atoms with Gasteiger partial charge in [0.15, 0.2) is 0 Å². The van der Waals surface area contributed by atoms with Crippen LogP contribution in [-0.2, 0) is 19.6 Å². The maximum atomic E-state index is 4.32. The Morgan fingerprint density at radius 3 is 2.50 bits per heavy atom. The summed E-state index contributed by atoms with van der Waals surface area (Å²) in [7, 11) is 0. The van der Waals surface area contributed by atoms with Gasteiger partial charge in [0.05, 0.1) is 11.4 Å². The molecule has 0 unspecified atom stereocenters. The highest BCUT2D eigenvalue weighted by molar-refractivity contribution is 5.03. The molecule has 0 radical (unpaired) electrons. The SMILES string of the molecule is CCn1nccc1CNCc1ccnn1C(C)C. The number of rotatable bonds is 6. The van der Waals surface area contributed by atoms with Crippen molar-refractivity contribution in [3.05, 3.63) is 35.9 Å². The lowest BCUT2D eigenvalue weighted by Gasteiger charge is -2.12. The third-order valence-corrected chi connectivity index (χ3v) is 2.96. The van der Waals surface area contributed by atoms with Crippen LogP contribution < -0.4 is 5.32 Å². The van der Waals surface area contributed by atoms with Crippen molar-refractivity contribution in [1.82, 2.24) is 24.9 Å². The number of hydrogen-bond acceptors (Lipinski definition) is 3. The average Bonchev–Trinajstić information content (AvgIpc) is 2.97. The molecule has 2 aromatic rings. The Bertz CT molecular complexity index is 483. The smallest absolute Gasteiger partial charge is 0.0525 e. The molecule has 98 valence electrons. The van der Waals surface area contributed by atoms with E-state index in [1.54, 1.807) is 0 Å². The summed E-state index contributed by atoms with van der Waals surface area (Å²) in [5.74, 6) is 0. The van der Waals surface area contributed by atoms with Crippen molar-refractivity contribution in [2.24, 2.45) is 0 Å². The summed E-state index contributed by atoms with van der Waals surface area (Å²) >= 11 is 0. The largest absolute Gasteiger partial charge is 0.306 e. The van der Waals surface area contributed by atoms with Gasteiger partial charge < -0.3 is 5.32 Å². The van der Waals surface area contributed by atoms with Gasteiger partial charge in [-0.1, -0.05) is 0 Å². The van der Waals surface area contributed by atoms with Crippen molar-refractivity contribution < 1.29 is 0 Å². The molecule has 2 rings (SSSR count). The van der Waals surface area contributed by atoms with E-state index in [-0.39, 0.29) is 0 Å². The molecule has 0 fully saturated rings. The summed E-state index contributed by atoms with van der Waals surface area (Å²) in [5, 5.41) is 12.0. The summed E-state index contributed by atoms with van der Waals surface area (Å²) in [6.45, 7) is 8.95. The molecule has 0 aliphatic carbocycles. The van der Waals surface area contributed by atoms with Crippen LogP contribution in [0.2, 0.25) is 0 Å². The Morgan fingerprint density at radius 2 is 1.78 bits per heavy atom. The van der Waals surface area contributed by atoms with E-state index < -0.39 is 0 Å². The predicted octanol–water partition coefficient (Wildman–Crippen LogP) is 1.97. The second-order valence-electron chi connectivity index (χ2n) is 4.60. The maximum absolute atomic E-state index is 4.32. The molecule has 0 aliphatic heterocycles. The van der Waals surface area contributed by atoms with Crippen LogP contribution in [-0.4, -0.2) is 19.6 Å². The van der Waals surface area contributed by atoms with Gasteiger partial charge in [-0.2, -0.15) is 10.2 Å². The molecule has 0 atom stereocenters. The van der Waals surface area contributed by atoms with Gasteiger partial charge in [-0.3, -0.25) is 9.36 Å². The van der Waals surface area contributed by atoms with E-state index in [9.17, 15) is 0 Å². The third kappa shape index (κ3) is 2.79. The molecule has 18 heavy (non-hydrogen) atoms. The van der Waals surface area contributed by atoms with Gasteiger partial charge in [-0.15, -0.1) is 0 Å². The normalized spacial score (nSPS) is 11.3. The quantitative estimate of drug-likeness (QED) is 0.849. The summed E-state index contributed by atoms with van der Waals surface area (Å²) < 4.78 is 4.05. The van der Waals surface area contributed by atoms with Crippen molar-refractivity contribution in [3.63, 3.8) is 0 Å². The molecular formula is C13H21N5. The monoisotopic (exact) mass is 247 g/mol. The molecule has 2 aromatic heterocycles. The van der Waals surface area contributed by atoms with Crippen LogP contribution in [0, 0.1) is 0 Å². The van der Waals surface area contributed by atoms with E-state index in [1.165, 1.54) is 11.4 Å². The molecule has 5 heteroatoms. The zero-order chi connectivity index (χ0) is 13.0. The molecule has 0 spiro atoms. The highest BCUT2D eigenvalue weighted by Gasteiger charge is 2.06. The fraction of sp³-hybridized carbons (Fsp3) is 0.538. The minimum atomic E-state index is 0.401. The van der Waals surface area contributed by atoms with Crippen molar-refractivity contribution in [1.29, 1.82) is 0 Å². The zero-order valence-electron chi connectivity index (χ0n) is 11.3. The van der Waals surface area contributed by atoms with Crippen LogP contribution in [0.5, 0.6) is 0 Å². The van der Waals surface area contributed by atoms with Crippen LogP contribution in [0.4, 0.5) is 0 Å². The Labute approximate surface area is 108 Å². The third-order valence-electron chi connectivity index (χ3n) is 2.96. The summed E-state index contributed by atoms with van der Waals surface area (Å²) in [4.78, 5) is 0. The highest BCUT2D eigenvalue weighted by Crippen LogP contribution is 2.08. The fourth-order valence-electron chi connectivity index (χ4n) is 2.06. The molecule has 2 heterocycles. The molecule has 1 N–H and O–H groups in total. The average molecular weight is 247 g/mol. The summed E-state index contributed by atoms with van der Waals surface area (Å²) in [6, 6.07) is 4.51. The Morgan fingerprint density at radius 1 is 1.11 bits per heavy atom. The fourth-order valence-corrected chi connectivity index (χ4v) is 2.06. The van der Waals surface area contributed by atoms with Crippen molar-refractivity contribution in [2.75, 3.05) is 0 Å². The van der Waals surface area contributed by atoms with Gasteiger partial charge in [-0.25, -0.2) is 0 Å². The first-order valence-electron chi connectivity index (χ1n) is 6.46. The van der Waals surface area contributed by atoms with E-state index in [1.807, 2.05) is 21.8 Å². The Balaban J connectivity index is 1.90. The molecular weight excluding hydrogens is 226 g/mol. The first kappa shape index (κ1) is 12.8. The van der Waals surface area contributed by atoms with E-state index in [0.717, 1.165) is 19.6 Å². The maximum Gasteiger partial charge on any atom is 0.0525 e. The number of nitrogens with zero attached hydrogens (tertiary/aromatic N) is 4. The van der Waals surface area contributed by atoms with Gasteiger partial charge in [-0.05, 0) is 32.9 Å². The number of aromatic nitrogens is 4. The molecule has 0 amide bonds. The molecule has 0 aliphatic rings. The lowest BCUT2D eigenvalue weighted by atomic mass is 10.3. The Kier molecular flexibility index (Phi) is 4.15. The van der Waals surface area contributed by atoms with Crippen LogP contribution in [0.15, 0.2) is 24.5 Å². The van der Waals surface area contributed by atoms with Gasteiger partial charge in [0.25, 0.3) is 0 Å². The molecule has 0 saturated carbocycles. The highest BCUT2D eigenvalue weighted by atomic mass is 15.3. The lowest BCUT2D eigenvalue weighted by Crippen LogP contribution is -2.19. The minimum absolute atomic E-state index is 0.401. The number of nitrogens with one attached hydrogen (secondary N) is 1. The standard InChI is InChI=1S/C13H21N5/c1-4-17-12(5-7-15-17)9-14-10-13-6-8-16-18(13)11(2)3/h5-8,11,14H,4,9-10H2,1-3H3. The van der Waals surface area contributed by atoms with Crippen molar-refractivity contribution in [2.45, 2.75) is 46.4 Å². The van der Waals surface area contributed by atoms with E-state index >= 15 is 0 Å². The summed E-state index contributed by atoms with van der Waals surface area (Å²) in [5.41, 5.74) is 2.43. The topological polar surface area (TPSA) is 47.7 Å². The van der Waals surface area contributed by atoms with Crippen molar-refractivity contribution >= 4 is 0 Å². The van der Waals surface area contributed by atoms with Crippen LogP contribution in [0.25, 0.3) is 0 Å². The van der Waals surface area contributed by atoms with E-state index in [4.69, 9.17) is 0 Å². The predicted molar refractivity (Wildman–Crippen MR) is 71.1 cm³/mol.